The molecule has 0 aliphatic heterocycles. The molecule has 6 nitrogen and oxygen atoms in total. The predicted octanol–water partition coefficient (Wildman–Crippen LogP) is 1.77. The van der Waals surface area contributed by atoms with Crippen LogP contribution in [0, 0.1) is 0 Å². The van der Waals surface area contributed by atoms with E-state index in [0.29, 0.717) is 17.9 Å². The van der Waals surface area contributed by atoms with Crippen LogP contribution in [0.2, 0.25) is 0 Å². The molecule has 2 aromatic rings. The van der Waals surface area contributed by atoms with Crippen LogP contribution in [0.4, 0.5) is 5.82 Å². The number of hydrogen-bond acceptors (Lipinski definition) is 5. The molecule has 0 fully saturated rings. The Balaban J connectivity index is 1.84. The maximum atomic E-state index is 12.2. The molecule has 0 aromatic carbocycles. The van der Waals surface area contributed by atoms with E-state index in [9.17, 15) is 4.79 Å². The highest BCUT2D eigenvalue weighted by Gasteiger charge is 2.07. The second kappa shape index (κ2) is 8.85. The molecule has 0 unspecified atom stereocenters. The Morgan fingerprint density at radius 3 is 2.78 bits per heavy atom. The largest absolute Gasteiger partial charge is 0.370 e. The number of rotatable bonds is 8. The van der Waals surface area contributed by atoms with Crippen LogP contribution in [0.1, 0.15) is 22.5 Å². The fraction of sp³-hybridized carbons (Fsp3) is 0.353. The Morgan fingerprint density at radius 1 is 1.17 bits per heavy atom. The number of carbonyl (C=O) groups is 1. The lowest BCUT2D eigenvalue weighted by atomic mass is 10.2. The molecule has 0 aliphatic carbocycles. The number of nitrogens with one attached hydrogen (secondary N) is 2. The van der Waals surface area contributed by atoms with Crippen molar-refractivity contribution in [1.82, 2.24) is 20.2 Å². The van der Waals surface area contributed by atoms with Crippen LogP contribution in [0.25, 0.3) is 0 Å². The van der Waals surface area contributed by atoms with E-state index < -0.39 is 0 Å². The van der Waals surface area contributed by atoms with Gasteiger partial charge in [-0.05, 0) is 51.3 Å². The molecule has 122 valence electrons. The molecule has 0 bridgehead atoms. The van der Waals surface area contributed by atoms with Crippen LogP contribution in [0.15, 0.2) is 42.7 Å². The Hall–Kier alpha value is -2.47. The Kier molecular flexibility index (Phi) is 6.50. The summed E-state index contributed by atoms with van der Waals surface area (Å²) in [5.41, 5.74) is 1.42. The normalized spacial score (nSPS) is 10.6. The van der Waals surface area contributed by atoms with Gasteiger partial charge in [-0.2, -0.15) is 0 Å². The van der Waals surface area contributed by atoms with Crippen LogP contribution in [-0.4, -0.2) is 48.0 Å². The maximum Gasteiger partial charge on any atom is 0.251 e. The summed E-state index contributed by atoms with van der Waals surface area (Å²) in [5, 5.41) is 6.10. The summed E-state index contributed by atoms with van der Waals surface area (Å²) >= 11 is 0. The summed E-state index contributed by atoms with van der Waals surface area (Å²) in [7, 11) is 4.09. The zero-order chi connectivity index (χ0) is 16.5. The van der Waals surface area contributed by atoms with Crippen molar-refractivity contribution >= 4 is 11.7 Å². The monoisotopic (exact) mass is 313 g/mol. The fourth-order valence-corrected chi connectivity index (χ4v) is 2.06. The third-order valence-electron chi connectivity index (χ3n) is 3.27. The van der Waals surface area contributed by atoms with E-state index in [2.05, 4.69) is 25.5 Å². The van der Waals surface area contributed by atoms with Gasteiger partial charge >= 0.3 is 0 Å². The fourth-order valence-electron chi connectivity index (χ4n) is 2.06. The van der Waals surface area contributed by atoms with E-state index in [0.717, 1.165) is 25.2 Å². The topological polar surface area (TPSA) is 70.2 Å². The molecule has 0 radical (unpaired) electrons. The van der Waals surface area contributed by atoms with Gasteiger partial charge in [-0.3, -0.25) is 9.78 Å². The summed E-state index contributed by atoms with van der Waals surface area (Å²) in [5.74, 6) is 0.587. The second-order valence-corrected chi connectivity index (χ2v) is 5.52. The van der Waals surface area contributed by atoms with Crippen molar-refractivity contribution < 1.29 is 4.79 Å². The Labute approximate surface area is 137 Å². The first kappa shape index (κ1) is 16.9. The van der Waals surface area contributed by atoms with E-state index in [1.54, 1.807) is 24.5 Å². The number of nitrogens with zero attached hydrogens (tertiary/aromatic N) is 3. The maximum absolute atomic E-state index is 12.2. The number of pyridine rings is 2. The Morgan fingerprint density at radius 2 is 2.04 bits per heavy atom. The zero-order valence-electron chi connectivity index (χ0n) is 13.6. The lowest BCUT2D eigenvalue weighted by molar-refractivity contribution is 0.0950. The molecule has 0 saturated carbocycles. The van der Waals surface area contributed by atoms with Crippen LogP contribution in [-0.2, 0) is 6.54 Å². The third-order valence-corrected chi connectivity index (χ3v) is 3.27. The highest BCUT2D eigenvalue weighted by molar-refractivity contribution is 5.94. The van der Waals surface area contributed by atoms with E-state index in [1.165, 1.54) is 0 Å². The van der Waals surface area contributed by atoms with Crippen LogP contribution in [0.5, 0.6) is 0 Å². The molecule has 2 aromatic heterocycles. The highest BCUT2D eigenvalue weighted by Crippen LogP contribution is 2.07. The van der Waals surface area contributed by atoms with Crippen molar-refractivity contribution in [3.05, 3.63) is 54.0 Å². The smallest absolute Gasteiger partial charge is 0.251 e. The molecular formula is C17H23N5O. The van der Waals surface area contributed by atoms with Gasteiger partial charge in [0.15, 0.2) is 0 Å². The molecule has 0 aliphatic rings. The first-order valence-corrected chi connectivity index (χ1v) is 7.68. The number of anilines is 1. The minimum atomic E-state index is -0.130. The van der Waals surface area contributed by atoms with Crippen molar-refractivity contribution in [2.45, 2.75) is 13.0 Å². The first-order valence-electron chi connectivity index (χ1n) is 7.68. The van der Waals surface area contributed by atoms with Gasteiger partial charge in [0.1, 0.15) is 5.82 Å². The molecule has 0 atom stereocenters. The molecule has 0 spiro atoms. The lowest BCUT2D eigenvalue weighted by Crippen LogP contribution is -2.23. The lowest BCUT2D eigenvalue weighted by Gasteiger charge is -2.11. The molecular weight excluding hydrogens is 290 g/mol. The van der Waals surface area contributed by atoms with Crippen LogP contribution < -0.4 is 10.6 Å². The van der Waals surface area contributed by atoms with Gasteiger partial charge in [0, 0.05) is 24.5 Å². The minimum Gasteiger partial charge on any atom is -0.370 e. The van der Waals surface area contributed by atoms with Crippen molar-refractivity contribution in [3.8, 4) is 0 Å². The predicted molar refractivity (Wildman–Crippen MR) is 91.3 cm³/mol. The summed E-state index contributed by atoms with van der Waals surface area (Å²) in [6.45, 7) is 2.25. The van der Waals surface area contributed by atoms with E-state index >= 15 is 0 Å². The van der Waals surface area contributed by atoms with Crippen LogP contribution >= 0.6 is 0 Å². The second-order valence-electron chi connectivity index (χ2n) is 5.52. The molecule has 2 heterocycles. The first-order chi connectivity index (χ1) is 11.1. The average molecular weight is 313 g/mol. The molecule has 2 N–H and O–H groups in total. The summed E-state index contributed by atoms with van der Waals surface area (Å²) in [6.07, 6.45) is 4.37. The van der Waals surface area contributed by atoms with Gasteiger partial charge in [-0.25, -0.2) is 4.98 Å². The highest BCUT2D eigenvalue weighted by atomic mass is 16.1. The molecule has 6 heteroatoms. The number of carbonyl (C=O) groups excluding carboxylic acids is 1. The number of hydrogen-bond donors (Lipinski definition) is 2. The van der Waals surface area contributed by atoms with Gasteiger partial charge in [0.25, 0.3) is 5.91 Å². The molecule has 0 saturated heterocycles. The van der Waals surface area contributed by atoms with Gasteiger partial charge in [0.05, 0.1) is 12.2 Å². The van der Waals surface area contributed by atoms with Gasteiger partial charge in [-0.1, -0.05) is 6.07 Å². The minimum absolute atomic E-state index is 0.130. The van der Waals surface area contributed by atoms with Crippen molar-refractivity contribution in [2.75, 3.05) is 32.5 Å². The van der Waals surface area contributed by atoms with Gasteiger partial charge < -0.3 is 15.5 Å². The quantitative estimate of drug-likeness (QED) is 0.727. The SMILES string of the molecule is CN(C)CCCNc1cc(C(=O)NCc2ccccn2)ccn1. The van der Waals surface area contributed by atoms with E-state index in [1.807, 2.05) is 32.3 Å². The summed E-state index contributed by atoms with van der Waals surface area (Å²) < 4.78 is 0. The van der Waals surface area contributed by atoms with E-state index in [-0.39, 0.29) is 5.91 Å². The third kappa shape index (κ3) is 6.04. The summed E-state index contributed by atoms with van der Waals surface area (Å²) in [6, 6.07) is 9.10. The Bertz CT molecular complexity index is 615. The van der Waals surface area contributed by atoms with Crippen LogP contribution in [0.3, 0.4) is 0 Å². The number of amides is 1. The van der Waals surface area contributed by atoms with Gasteiger partial charge in [-0.15, -0.1) is 0 Å². The van der Waals surface area contributed by atoms with Crippen molar-refractivity contribution in [1.29, 1.82) is 0 Å². The van der Waals surface area contributed by atoms with E-state index in [4.69, 9.17) is 0 Å². The molecule has 2 rings (SSSR count). The molecule has 23 heavy (non-hydrogen) atoms. The average Bonchev–Trinajstić information content (AvgIpc) is 2.57. The van der Waals surface area contributed by atoms with Gasteiger partial charge in [0.2, 0.25) is 0 Å². The standard InChI is InChI=1S/C17H23N5O/c1-22(2)11-5-9-19-16-12-14(7-10-20-16)17(23)21-13-15-6-3-4-8-18-15/h3-4,6-8,10,12H,5,9,11,13H2,1-2H3,(H,19,20)(H,21,23). The summed E-state index contributed by atoms with van der Waals surface area (Å²) in [4.78, 5) is 22.7. The van der Waals surface area contributed by atoms with Crippen molar-refractivity contribution in [2.24, 2.45) is 0 Å². The van der Waals surface area contributed by atoms with Crippen molar-refractivity contribution in [3.63, 3.8) is 0 Å². The number of aromatic nitrogens is 2. The molecule has 1 amide bonds. The zero-order valence-corrected chi connectivity index (χ0v) is 13.6.